The molecule has 0 saturated carbocycles. The second-order valence-electron chi connectivity index (χ2n) is 3.75. The van der Waals surface area contributed by atoms with Crippen molar-refractivity contribution >= 4 is 11.6 Å². The second kappa shape index (κ2) is 6.80. The lowest BCUT2D eigenvalue weighted by atomic mass is 10.2. The van der Waals surface area contributed by atoms with E-state index >= 15 is 0 Å². The van der Waals surface area contributed by atoms with E-state index in [0.29, 0.717) is 18.2 Å². The third kappa shape index (κ3) is 4.58. The van der Waals surface area contributed by atoms with Gasteiger partial charge in [0.2, 0.25) is 0 Å². The van der Waals surface area contributed by atoms with Gasteiger partial charge in [-0.25, -0.2) is 4.98 Å². The van der Waals surface area contributed by atoms with E-state index in [1.54, 1.807) is 17.2 Å². The number of nitrogens with two attached hydrogens (primary N) is 1. The van der Waals surface area contributed by atoms with Crippen LogP contribution in [0.15, 0.2) is 30.4 Å². The Balaban J connectivity index is 2.79. The monoisotopic (exact) mass is 270 g/mol. The van der Waals surface area contributed by atoms with Gasteiger partial charge in [0.1, 0.15) is 5.15 Å². The highest BCUT2D eigenvalue weighted by molar-refractivity contribution is 6.29. The van der Waals surface area contributed by atoms with Crippen LogP contribution in [-0.4, -0.2) is 21.4 Å². The molecule has 0 saturated heterocycles. The first kappa shape index (κ1) is 14.2. The molecule has 1 aromatic heterocycles. The topological polar surface area (TPSA) is 85.3 Å². The molecule has 0 fully saturated rings. The molecule has 0 spiro atoms. The van der Waals surface area contributed by atoms with Gasteiger partial charge >= 0.3 is 0 Å². The van der Waals surface area contributed by atoms with Crippen molar-refractivity contribution in [2.75, 3.05) is 6.54 Å². The summed E-state index contributed by atoms with van der Waals surface area (Å²) < 4.78 is 0. The highest BCUT2D eigenvalue weighted by Crippen LogP contribution is 2.10. The molecule has 2 N–H and O–H groups in total. The van der Waals surface area contributed by atoms with Crippen molar-refractivity contribution in [3.63, 3.8) is 0 Å². The van der Waals surface area contributed by atoms with Crippen LogP contribution in [-0.2, 0) is 6.54 Å². The third-order valence-corrected chi connectivity index (χ3v) is 2.48. The molecule has 7 heteroatoms. The van der Waals surface area contributed by atoms with Crippen LogP contribution in [0.2, 0.25) is 5.15 Å². The molecule has 1 rings (SSSR count). The van der Waals surface area contributed by atoms with Gasteiger partial charge in [-0.2, -0.15) is 0 Å². The van der Waals surface area contributed by atoms with Crippen molar-refractivity contribution in [1.29, 1.82) is 0 Å². The molecule has 0 aromatic carbocycles. The van der Waals surface area contributed by atoms with Gasteiger partial charge in [0.05, 0.1) is 4.92 Å². The number of aromatic nitrogens is 1. The first-order valence-corrected chi connectivity index (χ1v) is 5.87. The molecule has 0 aliphatic carbocycles. The SMILES string of the molecule is CCCN(Cc1ccc(Cl)nc1)C(N)=C[N+](=O)[O-]. The van der Waals surface area contributed by atoms with Gasteiger partial charge in [0, 0.05) is 19.3 Å². The zero-order chi connectivity index (χ0) is 13.5. The quantitative estimate of drug-likeness (QED) is 0.485. The summed E-state index contributed by atoms with van der Waals surface area (Å²) in [6.45, 7) is 3.08. The summed E-state index contributed by atoms with van der Waals surface area (Å²) in [5.74, 6) is 0.136. The maximum absolute atomic E-state index is 10.4. The van der Waals surface area contributed by atoms with Gasteiger partial charge in [-0.1, -0.05) is 24.6 Å². The zero-order valence-corrected chi connectivity index (χ0v) is 10.8. The molecular weight excluding hydrogens is 256 g/mol. The van der Waals surface area contributed by atoms with Crippen molar-refractivity contribution in [2.45, 2.75) is 19.9 Å². The molecular formula is C11H15ClN4O2. The molecule has 0 bridgehead atoms. The first-order chi connectivity index (χ1) is 8.52. The third-order valence-electron chi connectivity index (χ3n) is 2.26. The van der Waals surface area contributed by atoms with Crippen LogP contribution in [0.3, 0.4) is 0 Å². The molecule has 18 heavy (non-hydrogen) atoms. The molecule has 0 unspecified atom stereocenters. The fourth-order valence-electron chi connectivity index (χ4n) is 1.48. The van der Waals surface area contributed by atoms with Gasteiger partial charge in [-0.3, -0.25) is 10.1 Å². The summed E-state index contributed by atoms with van der Waals surface area (Å²) in [5.41, 5.74) is 6.58. The Labute approximate surface area is 110 Å². The minimum atomic E-state index is -0.557. The van der Waals surface area contributed by atoms with Gasteiger partial charge in [-0.15, -0.1) is 0 Å². The summed E-state index contributed by atoms with van der Waals surface area (Å²) >= 11 is 5.69. The smallest absolute Gasteiger partial charge is 0.274 e. The molecule has 1 heterocycles. The van der Waals surface area contributed by atoms with Crippen molar-refractivity contribution < 1.29 is 4.92 Å². The molecule has 0 aliphatic heterocycles. The summed E-state index contributed by atoms with van der Waals surface area (Å²) in [6.07, 6.45) is 3.27. The molecule has 6 nitrogen and oxygen atoms in total. The fraction of sp³-hybridized carbons (Fsp3) is 0.364. The molecule has 0 amide bonds. The number of nitrogens with zero attached hydrogens (tertiary/aromatic N) is 3. The van der Waals surface area contributed by atoms with E-state index in [1.807, 2.05) is 13.0 Å². The van der Waals surface area contributed by atoms with Crippen molar-refractivity contribution in [3.8, 4) is 0 Å². The lowest BCUT2D eigenvalue weighted by Gasteiger charge is -2.22. The van der Waals surface area contributed by atoms with Gasteiger partial charge in [-0.05, 0) is 18.1 Å². The number of rotatable bonds is 6. The molecule has 98 valence electrons. The van der Waals surface area contributed by atoms with Crippen LogP contribution in [0.1, 0.15) is 18.9 Å². The number of halogens is 1. The summed E-state index contributed by atoms with van der Waals surface area (Å²) in [6, 6.07) is 3.49. The zero-order valence-electron chi connectivity index (χ0n) is 10.0. The Hall–Kier alpha value is -1.82. The number of nitro groups is 1. The molecule has 0 aliphatic rings. The van der Waals surface area contributed by atoms with Crippen LogP contribution in [0.25, 0.3) is 0 Å². The standard InChI is InChI=1S/C11H15ClN4O2/c1-2-5-15(11(13)8-16(17)18)7-9-3-4-10(12)14-6-9/h3-4,6,8H,2,5,7,13H2,1H3. The van der Waals surface area contributed by atoms with Crippen molar-refractivity contribution in [2.24, 2.45) is 5.73 Å². The molecule has 0 atom stereocenters. The average Bonchev–Trinajstić information content (AvgIpc) is 2.30. The van der Waals surface area contributed by atoms with Gasteiger partial charge in [0.25, 0.3) is 6.20 Å². The fourth-order valence-corrected chi connectivity index (χ4v) is 1.59. The maximum Gasteiger partial charge on any atom is 0.274 e. The predicted molar refractivity (Wildman–Crippen MR) is 69.2 cm³/mol. The Kier molecular flexibility index (Phi) is 5.38. The predicted octanol–water partition coefficient (Wildman–Crippen LogP) is 1.98. The minimum Gasteiger partial charge on any atom is -0.380 e. The van der Waals surface area contributed by atoms with Crippen LogP contribution >= 0.6 is 11.6 Å². The van der Waals surface area contributed by atoms with E-state index in [2.05, 4.69) is 4.98 Å². The lowest BCUT2D eigenvalue weighted by molar-refractivity contribution is -0.404. The summed E-state index contributed by atoms with van der Waals surface area (Å²) in [4.78, 5) is 15.5. The lowest BCUT2D eigenvalue weighted by Crippen LogP contribution is -2.29. The Morgan fingerprint density at radius 2 is 2.39 bits per heavy atom. The Bertz CT molecular complexity index is 433. The summed E-state index contributed by atoms with van der Waals surface area (Å²) in [5, 5.41) is 10.8. The molecule has 1 aromatic rings. The van der Waals surface area contributed by atoms with E-state index in [0.717, 1.165) is 18.2 Å². The summed E-state index contributed by atoms with van der Waals surface area (Å²) in [7, 11) is 0. The number of hydrogen-bond acceptors (Lipinski definition) is 5. The van der Waals surface area contributed by atoms with Crippen LogP contribution in [0.4, 0.5) is 0 Å². The van der Waals surface area contributed by atoms with Crippen LogP contribution < -0.4 is 5.73 Å². The second-order valence-corrected chi connectivity index (χ2v) is 4.14. The normalized spacial score (nSPS) is 11.3. The largest absolute Gasteiger partial charge is 0.380 e. The highest BCUT2D eigenvalue weighted by atomic mass is 35.5. The van der Waals surface area contributed by atoms with Crippen molar-refractivity contribution in [3.05, 3.63) is 51.2 Å². The van der Waals surface area contributed by atoms with Crippen molar-refractivity contribution in [1.82, 2.24) is 9.88 Å². The Morgan fingerprint density at radius 1 is 1.67 bits per heavy atom. The van der Waals surface area contributed by atoms with E-state index in [-0.39, 0.29) is 5.82 Å². The highest BCUT2D eigenvalue weighted by Gasteiger charge is 2.10. The van der Waals surface area contributed by atoms with Crippen LogP contribution in [0.5, 0.6) is 0 Å². The van der Waals surface area contributed by atoms with Gasteiger partial charge < -0.3 is 10.6 Å². The first-order valence-electron chi connectivity index (χ1n) is 5.49. The van der Waals surface area contributed by atoms with E-state index in [4.69, 9.17) is 17.3 Å². The van der Waals surface area contributed by atoms with E-state index in [9.17, 15) is 10.1 Å². The van der Waals surface area contributed by atoms with E-state index in [1.165, 1.54) is 0 Å². The number of hydrogen-bond donors (Lipinski definition) is 1. The van der Waals surface area contributed by atoms with Crippen LogP contribution in [0, 0.1) is 10.1 Å². The van der Waals surface area contributed by atoms with E-state index < -0.39 is 4.92 Å². The van der Waals surface area contributed by atoms with Gasteiger partial charge in [0.15, 0.2) is 5.82 Å². The maximum atomic E-state index is 10.4. The Morgan fingerprint density at radius 3 is 2.89 bits per heavy atom. The average molecular weight is 271 g/mol. The molecule has 0 radical (unpaired) electrons. The number of pyridine rings is 1. The minimum absolute atomic E-state index is 0.136.